The van der Waals surface area contributed by atoms with Gasteiger partial charge in [-0.05, 0) is 23.8 Å². The van der Waals surface area contributed by atoms with E-state index in [-0.39, 0.29) is 12.5 Å². The number of nitrogens with zero attached hydrogens (tertiary/aromatic N) is 4. The van der Waals surface area contributed by atoms with Crippen molar-refractivity contribution in [3.63, 3.8) is 0 Å². The van der Waals surface area contributed by atoms with E-state index in [0.717, 1.165) is 5.56 Å². The minimum Gasteiger partial charge on any atom is -0.485 e. The van der Waals surface area contributed by atoms with E-state index >= 15 is 0 Å². The van der Waals surface area contributed by atoms with Crippen LogP contribution in [0.25, 0.3) is 11.5 Å². The molecular formula is C22H17N5O4. The summed E-state index contributed by atoms with van der Waals surface area (Å²) in [4.78, 5) is 25.3. The van der Waals surface area contributed by atoms with Gasteiger partial charge in [-0.3, -0.25) is 9.78 Å². The number of fused-ring (bicyclic) bond motifs is 1. The van der Waals surface area contributed by atoms with Crippen molar-refractivity contribution in [1.82, 2.24) is 20.1 Å². The van der Waals surface area contributed by atoms with Crippen LogP contribution in [-0.2, 0) is 11.2 Å². The maximum atomic E-state index is 12.8. The number of amides is 1. The molecule has 0 spiro atoms. The Morgan fingerprint density at radius 3 is 2.77 bits per heavy atom. The number of hydrogen-bond acceptors (Lipinski definition) is 8. The summed E-state index contributed by atoms with van der Waals surface area (Å²) in [5.74, 6) is 1.63. The Labute approximate surface area is 177 Å². The third-order valence-corrected chi connectivity index (χ3v) is 4.68. The molecule has 2 aromatic carbocycles. The first-order chi connectivity index (χ1) is 15.3. The zero-order chi connectivity index (χ0) is 21.0. The second kappa shape index (κ2) is 8.23. The third-order valence-electron chi connectivity index (χ3n) is 4.68. The molecule has 0 radical (unpaired) electrons. The van der Waals surface area contributed by atoms with Crippen LogP contribution in [0.15, 0.2) is 71.6 Å². The lowest BCUT2D eigenvalue weighted by Crippen LogP contribution is -2.40. The van der Waals surface area contributed by atoms with Crippen LogP contribution in [0.1, 0.15) is 11.5 Å². The molecule has 1 aliphatic heterocycles. The van der Waals surface area contributed by atoms with Crippen LogP contribution in [0.2, 0.25) is 0 Å². The first-order valence-electron chi connectivity index (χ1n) is 9.62. The van der Waals surface area contributed by atoms with Crippen LogP contribution in [0.5, 0.6) is 11.5 Å². The molecule has 2 aromatic heterocycles. The van der Waals surface area contributed by atoms with Crippen molar-refractivity contribution in [1.29, 1.82) is 0 Å². The predicted octanol–water partition coefficient (Wildman–Crippen LogP) is 2.90. The van der Waals surface area contributed by atoms with Gasteiger partial charge >= 0.3 is 0 Å². The summed E-state index contributed by atoms with van der Waals surface area (Å²) in [6.07, 6.45) is 4.28. The summed E-state index contributed by atoms with van der Waals surface area (Å²) < 4.78 is 16.8. The highest BCUT2D eigenvalue weighted by atomic mass is 16.6. The number of nitrogens with one attached hydrogen (secondary N) is 1. The number of benzene rings is 2. The predicted molar refractivity (Wildman–Crippen MR) is 110 cm³/mol. The maximum absolute atomic E-state index is 12.8. The standard InChI is InChI=1S/C22H17N5O4/c28-22(19-13-29-17-7-3-4-8-18(17)30-19)25-15-6-2-1-5-14(15)11-20-26-21(27-31-20)16-12-23-9-10-24-16/h1-10,12,19H,11,13H2,(H,25,28)/t19-/m1/s1. The Morgan fingerprint density at radius 2 is 1.90 bits per heavy atom. The van der Waals surface area contributed by atoms with E-state index in [1.807, 2.05) is 36.4 Å². The molecule has 0 unspecified atom stereocenters. The molecule has 1 amide bonds. The molecule has 31 heavy (non-hydrogen) atoms. The van der Waals surface area contributed by atoms with E-state index < -0.39 is 6.10 Å². The topological polar surface area (TPSA) is 112 Å². The lowest BCUT2D eigenvalue weighted by atomic mass is 10.1. The fourth-order valence-electron chi connectivity index (χ4n) is 3.17. The fraction of sp³-hybridized carbons (Fsp3) is 0.136. The van der Waals surface area contributed by atoms with Gasteiger partial charge in [0.25, 0.3) is 5.91 Å². The summed E-state index contributed by atoms with van der Waals surface area (Å²) in [5.41, 5.74) is 1.98. The Bertz CT molecular complexity index is 1210. The van der Waals surface area contributed by atoms with Crippen molar-refractivity contribution < 1.29 is 18.8 Å². The molecule has 1 N–H and O–H groups in total. The number of carbonyl (C=O) groups excluding carboxylic acids is 1. The monoisotopic (exact) mass is 415 g/mol. The average molecular weight is 415 g/mol. The van der Waals surface area contributed by atoms with E-state index in [1.165, 1.54) is 0 Å². The second-order valence-electron chi connectivity index (χ2n) is 6.79. The quantitative estimate of drug-likeness (QED) is 0.530. The Hall–Kier alpha value is -4.27. The van der Waals surface area contributed by atoms with Crippen molar-refractivity contribution in [3.05, 3.63) is 78.6 Å². The van der Waals surface area contributed by atoms with Gasteiger partial charge in [0.15, 0.2) is 11.5 Å². The Kier molecular flexibility index (Phi) is 4.97. The molecule has 0 aliphatic carbocycles. The number of anilines is 1. The van der Waals surface area contributed by atoms with E-state index in [1.54, 1.807) is 30.7 Å². The molecule has 4 aromatic rings. The number of ether oxygens (including phenoxy) is 2. The molecular weight excluding hydrogens is 398 g/mol. The van der Waals surface area contributed by atoms with Gasteiger partial charge in [0.1, 0.15) is 12.3 Å². The molecule has 154 valence electrons. The largest absolute Gasteiger partial charge is 0.485 e. The van der Waals surface area contributed by atoms with E-state index in [4.69, 9.17) is 14.0 Å². The highest BCUT2D eigenvalue weighted by molar-refractivity contribution is 5.95. The summed E-state index contributed by atoms with van der Waals surface area (Å²) in [5, 5.41) is 6.87. The number of carbonyl (C=O) groups is 1. The van der Waals surface area contributed by atoms with Gasteiger partial charge in [0, 0.05) is 18.1 Å². The van der Waals surface area contributed by atoms with Crippen LogP contribution < -0.4 is 14.8 Å². The molecule has 5 rings (SSSR count). The Balaban J connectivity index is 1.30. The SMILES string of the molecule is O=C(Nc1ccccc1Cc1nc(-c2cnccn2)no1)[C@H]1COc2ccccc2O1. The van der Waals surface area contributed by atoms with Gasteiger partial charge in [-0.15, -0.1) is 0 Å². The smallest absolute Gasteiger partial charge is 0.269 e. The number of aromatic nitrogens is 4. The number of rotatable bonds is 5. The van der Waals surface area contributed by atoms with Gasteiger partial charge in [0.05, 0.1) is 12.6 Å². The lowest BCUT2D eigenvalue weighted by Gasteiger charge is -2.25. The molecule has 1 aliphatic rings. The number of hydrogen-bond donors (Lipinski definition) is 1. The van der Waals surface area contributed by atoms with Crippen LogP contribution in [-0.4, -0.2) is 38.7 Å². The Morgan fingerprint density at radius 1 is 1.06 bits per heavy atom. The van der Waals surface area contributed by atoms with Crippen molar-refractivity contribution in [2.45, 2.75) is 12.5 Å². The minimum absolute atomic E-state index is 0.135. The van der Waals surface area contributed by atoms with E-state index in [2.05, 4.69) is 25.4 Å². The van der Waals surface area contributed by atoms with Crippen molar-refractivity contribution in [3.8, 4) is 23.0 Å². The van der Waals surface area contributed by atoms with E-state index in [0.29, 0.717) is 41.0 Å². The van der Waals surface area contributed by atoms with Crippen LogP contribution in [0.3, 0.4) is 0 Å². The van der Waals surface area contributed by atoms with E-state index in [9.17, 15) is 4.79 Å². The summed E-state index contributed by atoms with van der Waals surface area (Å²) >= 11 is 0. The normalized spacial score (nSPS) is 14.8. The molecule has 3 heterocycles. The molecule has 0 fully saturated rings. The minimum atomic E-state index is -0.755. The van der Waals surface area contributed by atoms with Crippen molar-refractivity contribution >= 4 is 11.6 Å². The first kappa shape index (κ1) is 18.7. The molecule has 0 bridgehead atoms. The van der Waals surface area contributed by atoms with Crippen molar-refractivity contribution in [2.24, 2.45) is 0 Å². The van der Waals surface area contributed by atoms with Gasteiger partial charge in [-0.25, -0.2) is 4.98 Å². The number of para-hydroxylation sites is 3. The van der Waals surface area contributed by atoms with Gasteiger partial charge in [0.2, 0.25) is 17.8 Å². The van der Waals surface area contributed by atoms with Gasteiger partial charge in [-0.1, -0.05) is 35.5 Å². The van der Waals surface area contributed by atoms with Crippen LogP contribution in [0.4, 0.5) is 5.69 Å². The zero-order valence-corrected chi connectivity index (χ0v) is 16.3. The highest BCUT2D eigenvalue weighted by Gasteiger charge is 2.27. The molecule has 9 heteroatoms. The first-order valence-corrected chi connectivity index (χ1v) is 9.62. The maximum Gasteiger partial charge on any atom is 0.269 e. The zero-order valence-electron chi connectivity index (χ0n) is 16.3. The summed E-state index contributed by atoms with van der Waals surface area (Å²) in [7, 11) is 0. The molecule has 9 nitrogen and oxygen atoms in total. The van der Waals surface area contributed by atoms with Crippen LogP contribution >= 0.6 is 0 Å². The summed E-state index contributed by atoms with van der Waals surface area (Å²) in [6.45, 7) is 0.135. The fourth-order valence-corrected chi connectivity index (χ4v) is 3.17. The van der Waals surface area contributed by atoms with Gasteiger partial charge in [-0.2, -0.15) is 4.98 Å². The second-order valence-corrected chi connectivity index (χ2v) is 6.79. The van der Waals surface area contributed by atoms with Crippen molar-refractivity contribution in [2.75, 3.05) is 11.9 Å². The third kappa shape index (κ3) is 4.06. The lowest BCUT2D eigenvalue weighted by molar-refractivity contribution is -0.125. The highest BCUT2D eigenvalue weighted by Crippen LogP contribution is 2.31. The molecule has 1 atom stereocenters. The average Bonchev–Trinajstić information content (AvgIpc) is 3.29. The molecule has 0 saturated heterocycles. The van der Waals surface area contributed by atoms with Gasteiger partial charge < -0.3 is 19.3 Å². The summed E-state index contributed by atoms with van der Waals surface area (Å²) in [6, 6.07) is 14.7. The molecule has 0 saturated carbocycles. The van der Waals surface area contributed by atoms with Crippen LogP contribution in [0, 0.1) is 0 Å².